The molecule has 1 atom stereocenters. The van der Waals surface area contributed by atoms with Crippen LogP contribution in [0.4, 0.5) is 0 Å². The van der Waals surface area contributed by atoms with E-state index in [2.05, 4.69) is 38.1 Å². The summed E-state index contributed by atoms with van der Waals surface area (Å²) in [4.78, 5) is 11.0. The van der Waals surface area contributed by atoms with Gasteiger partial charge >= 0.3 is 0 Å². The van der Waals surface area contributed by atoms with Crippen LogP contribution in [0.2, 0.25) is 0 Å². The second-order valence-corrected chi connectivity index (χ2v) is 4.47. The van der Waals surface area contributed by atoms with Gasteiger partial charge in [-0.2, -0.15) is 0 Å². The second-order valence-electron chi connectivity index (χ2n) is 4.47. The number of hydrogen-bond donors (Lipinski definition) is 0. The lowest BCUT2D eigenvalue weighted by molar-refractivity contribution is -0.115. The van der Waals surface area contributed by atoms with E-state index in [9.17, 15) is 4.79 Å². The van der Waals surface area contributed by atoms with Crippen LogP contribution in [0.15, 0.2) is 24.3 Å². The number of benzene rings is 1. The molecule has 1 heteroatoms. The Hall–Kier alpha value is -1.11. The third kappa shape index (κ3) is 3.19. The molecule has 0 N–H and O–H groups in total. The van der Waals surface area contributed by atoms with Crippen molar-refractivity contribution in [2.45, 2.75) is 40.0 Å². The number of hydrogen-bond acceptors (Lipinski definition) is 1. The van der Waals surface area contributed by atoms with Crippen LogP contribution in [0.3, 0.4) is 0 Å². The largest absolute Gasteiger partial charge is 0.303 e. The van der Waals surface area contributed by atoms with Crippen LogP contribution in [0, 0.1) is 5.41 Å². The molecule has 0 radical (unpaired) electrons. The smallest absolute Gasteiger partial charge is 0.126 e. The number of aryl methyl sites for hydroxylation is 1. The van der Waals surface area contributed by atoms with E-state index >= 15 is 0 Å². The van der Waals surface area contributed by atoms with Gasteiger partial charge < -0.3 is 4.79 Å². The maximum absolute atomic E-state index is 11.0. The molecular formula is C14H20O. The minimum atomic E-state index is -0.201. The summed E-state index contributed by atoms with van der Waals surface area (Å²) >= 11 is 0. The van der Waals surface area contributed by atoms with Crippen LogP contribution in [-0.4, -0.2) is 6.29 Å². The zero-order valence-corrected chi connectivity index (χ0v) is 9.92. The Labute approximate surface area is 92.5 Å². The van der Waals surface area contributed by atoms with E-state index < -0.39 is 0 Å². The van der Waals surface area contributed by atoms with Crippen molar-refractivity contribution >= 4 is 6.29 Å². The maximum Gasteiger partial charge on any atom is 0.126 e. The summed E-state index contributed by atoms with van der Waals surface area (Å²) in [5.74, 6) is 0. The lowest BCUT2D eigenvalue weighted by Gasteiger charge is -2.20. The van der Waals surface area contributed by atoms with Gasteiger partial charge in [0, 0.05) is 5.41 Å². The Balaban J connectivity index is 2.76. The van der Waals surface area contributed by atoms with Crippen molar-refractivity contribution in [3.63, 3.8) is 0 Å². The first-order valence-corrected chi connectivity index (χ1v) is 5.67. The van der Waals surface area contributed by atoms with Gasteiger partial charge in [-0.05, 0) is 30.4 Å². The van der Waals surface area contributed by atoms with Crippen LogP contribution >= 0.6 is 0 Å². The van der Waals surface area contributed by atoms with E-state index in [0.717, 1.165) is 25.5 Å². The number of carbonyl (C=O) groups excluding carboxylic acids is 1. The highest BCUT2D eigenvalue weighted by atomic mass is 16.1. The van der Waals surface area contributed by atoms with Crippen LogP contribution in [0.5, 0.6) is 0 Å². The normalized spacial score (nSPS) is 14.6. The van der Waals surface area contributed by atoms with Crippen molar-refractivity contribution in [1.82, 2.24) is 0 Å². The Morgan fingerprint density at radius 2 is 1.67 bits per heavy atom. The zero-order chi connectivity index (χ0) is 11.3. The minimum absolute atomic E-state index is 0.201. The van der Waals surface area contributed by atoms with Gasteiger partial charge in [-0.15, -0.1) is 0 Å². The van der Waals surface area contributed by atoms with Crippen molar-refractivity contribution in [2.75, 3.05) is 0 Å². The summed E-state index contributed by atoms with van der Waals surface area (Å²) in [6, 6.07) is 8.57. The Kier molecular flexibility index (Phi) is 4.07. The molecular weight excluding hydrogens is 184 g/mol. The second kappa shape index (κ2) is 5.11. The maximum atomic E-state index is 11.0. The first kappa shape index (κ1) is 12.0. The Morgan fingerprint density at radius 1 is 1.13 bits per heavy atom. The third-order valence-electron chi connectivity index (χ3n) is 3.13. The molecule has 0 aromatic heterocycles. The van der Waals surface area contributed by atoms with Gasteiger partial charge in [0.25, 0.3) is 0 Å². The standard InChI is InChI=1S/C14H20O/c1-4-12-6-8-13(9-7-12)10-14(3,5-2)11-15/h6-9,11H,4-5,10H2,1-3H3. The fraction of sp³-hybridized carbons (Fsp3) is 0.500. The first-order valence-electron chi connectivity index (χ1n) is 5.67. The zero-order valence-electron chi connectivity index (χ0n) is 9.92. The number of rotatable bonds is 5. The summed E-state index contributed by atoms with van der Waals surface area (Å²) in [6.45, 7) is 6.24. The molecule has 1 rings (SSSR count). The van der Waals surface area contributed by atoms with E-state index in [0.29, 0.717) is 0 Å². The SMILES string of the molecule is CCc1ccc(CC(C)(C=O)CC)cc1. The predicted octanol–water partition coefficient (Wildman–Crippen LogP) is 3.41. The predicted molar refractivity (Wildman–Crippen MR) is 64.0 cm³/mol. The topological polar surface area (TPSA) is 17.1 Å². The molecule has 0 bridgehead atoms. The molecule has 0 spiro atoms. The molecule has 1 unspecified atom stereocenters. The summed E-state index contributed by atoms with van der Waals surface area (Å²) in [7, 11) is 0. The van der Waals surface area contributed by atoms with Gasteiger partial charge in [0.05, 0.1) is 0 Å². The lowest BCUT2D eigenvalue weighted by atomic mass is 9.82. The third-order valence-corrected chi connectivity index (χ3v) is 3.13. The van der Waals surface area contributed by atoms with Crippen molar-refractivity contribution in [1.29, 1.82) is 0 Å². The highest BCUT2D eigenvalue weighted by Crippen LogP contribution is 2.23. The van der Waals surface area contributed by atoms with E-state index in [1.54, 1.807) is 0 Å². The molecule has 0 saturated carbocycles. The van der Waals surface area contributed by atoms with Crippen LogP contribution in [0.25, 0.3) is 0 Å². The van der Waals surface area contributed by atoms with E-state index in [4.69, 9.17) is 0 Å². The average Bonchev–Trinajstić information content (AvgIpc) is 2.30. The Morgan fingerprint density at radius 3 is 2.07 bits per heavy atom. The molecule has 0 heterocycles. The van der Waals surface area contributed by atoms with E-state index in [1.165, 1.54) is 11.1 Å². The van der Waals surface area contributed by atoms with E-state index in [-0.39, 0.29) is 5.41 Å². The van der Waals surface area contributed by atoms with Crippen LogP contribution < -0.4 is 0 Å². The molecule has 0 fully saturated rings. The first-order chi connectivity index (χ1) is 7.13. The van der Waals surface area contributed by atoms with Gasteiger partial charge in [-0.3, -0.25) is 0 Å². The molecule has 0 saturated heterocycles. The molecule has 1 aromatic rings. The van der Waals surface area contributed by atoms with Crippen molar-refractivity contribution in [3.8, 4) is 0 Å². The summed E-state index contributed by atoms with van der Waals surface area (Å²) < 4.78 is 0. The highest BCUT2D eigenvalue weighted by molar-refractivity contribution is 5.59. The number of carbonyl (C=O) groups is 1. The Bertz CT molecular complexity index is 313. The molecule has 82 valence electrons. The van der Waals surface area contributed by atoms with Crippen molar-refractivity contribution in [3.05, 3.63) is 35.4 Å². The highest BCUT2D eigenvalue weighted by Gasteiger charge is 2.21. The monoisotopic (exact) mass is 204 g/mol. The molecule has 0 amide bonds. The molecule has 0 aliphatic carbocycles. The molecule has 1 nitrogen and oxygen atoms in total. The number of aldehydes is 1. The van der Waals surface area contributed by atoms with Gasteiger partial charge in [0.2, 0.25) is 0 Å². The minimum Gasteiger partial charge on any atom is -0.303 e. The quantitative estimate of drug-likeness (QED) is 0.672. The fourth-order valence-corrected chi connectivity index (χ4v) is 1.61. The summed E-state index contributed by atoms with van der Waals surface area (Å²) in [5, 5.41) is 0. The molecule has 0 aliphatic heterocycles. The van der Waals surface area contributed by atoms with Crippen molar-refractivity contribution < 1.29 is 4.79 Å². The van der Waals surface area contributed by atoms with Gasteiger partial charge in [-0.25, -0.2) is 0 Å². The average molecular weight is 204 g/mol. The fourth-order valence-electron chi connectivity index (χ4n) is 1.61. The summed E-state index contributed by atoms with van der Waals surface area (Å²) in [5.41, 5.74) is 2.40. The van der Waals surface area contributed by atoms with Gasteiger partial charge in [0.1, 0.15) is 6.29 Å². The van der Waals surface area contributed by atoms with E-state index in [1.807, 2.05) is 6.92 Å². The van der Waals surface area contributed by atoms with Crippen molar-refractivity contribution in [2.24, 2.45) is 5.41 Å². The van der Waals surface area contributed by atoms with Gasteiger partial charge in [-0.1, -0.05) is 45.0 Å². The summed E-state index contributed by atoms with van der Waals surface area (Å²) in [6.07, 6.45) is 3.89. The van der Waals surface area contributed by atoms with Gasteiger partial charge in [0.15, 0.2) is 0 Å². The lowest BCUT2D eigenvalue weighted by Crippen LogP contribution is -2.20. The molecule has 15 heavy (non-hydrogen) atoms. The molecule has 1 aromatic carbocycles. The van der Waals surface area contributed by atoms with Crippen LogP contribution in [-0.2, 0) is 17.6 Å². The molecule has 0 aliphatic rings. The van der Waals surface area contributed by atoms with Crippen LogP contribution in [0.1, 0.15) is 38.3 Å².